The maximum absolute atomic E-state index is 13.1. The number of aryl methyl sites for hydroxylation is 2. The molecular weight excluding hydrogens is 316 g/mol. The zero-order chi connectivity index (χ0) is 17.8. The van der Waals surface area contributed by atoms with E-state index in [-0.39, 0.29) is 18.4 Å². The Morgan fingerprint density at radius 3 is 2.40 bits per heavy atom. The van der Waals surface area contributed by atoms with E-state index in [1.54, 1.807) is 22.7 Å². The van der Waals surface area contributed by atoms with Crippen LogP contribution in [0.1, 0.15) is 35.4 Å². The number of rotatable bonds is 4. The van der Waals surface area contributed by atoms with Crippen LogP contribution in [0.5, 0.6) is 0 Å². The number of likely N-dealkylation sites (tertiary alicyclic amines) is 1. The van der Waals surface area contributed by atoms with Gasteiger partial charge in [0.1, 0.15) is 12.2 Å². The summed E-state index contributed by atoms with van der Waals surface area (Å²) >= 11 is 0. The fraction of sp³-hybridized carbons (Fsp3) is 0.421. The molecule has 6 heteroatoms. The van der Waals surface area contributed by atoms with Gasteiger partial charge in [0.25, 0.3) is 5.91 Å². The number of benzene rings is 1. The van der Waals surface area contributed by atoms with Crippen LogP contribution in [-0.4, -0.2) is 46.1 Å². The summed E-state index contributed by atoms with van der Waals surface area (Å²) in [5.74, 6) is -0.213. The normalized spacial score (nSPS) is 14.4. The number of carbonyl (C=O) groups excluding carboxylic acids is 2. The third kappa shape index (κ3) is 3.90. The quantitative estimate of drug-likeness (QED) is 0.859. The number of aromatic nitrogens is 2. The van der Waals surface area contributed by atoms with Crippen LogP contribution in [0.15, 0.2) is 36.4 Å². The maximum Gasteiger partial charge on any atom is 0.277 e. The average molecular weight is 340 g/mol. The van der Waals surface area contributed by atoms with Gasteiger partial charge in [-0.15, -0.1) is 0 Å². The molecule has 0 bridgehead atoms. The van der Waals surface area contributed by atoms with E-state index < -0.39 is 0 Å². The van der Waals surface area contributed by atoms with Crippen LogP contribution in [0.2, 0.25) is 0 Å². The van der Waals surface area contributed by atoms with E-state index >= 15 is 0 Å². The second-order valence-corrected chi connectivity index (χ2v) is 6.46. The van der Waals surface area contributed by atoms with E-state index in [4.69, 9.17) is 0 Å². The number of anilines is 1. The number of nitrogens with zero attached hydrogens (tertiary/aromatic N) is 4. The Balaban J connectivity index is 1.86. The third-order valence-corrected chi connectivity index (χ3v) is 4.54. The fourth-order valence-corrected chi connectivity index (χ4v) is 3.22. The monoisotopic (exact) mass is 340 g/mol. The Bertz CT molecular complexity index is 748. The van der Waals surface area contributed by atoms with Crippen LogP contribution in [0, 0.1) is 6.92 Å². The van der Waals surface area contributed by atoms with Gasteiger partial charge in [-0.25, -0.2) is 0 Å². The van der Waals surface area contributed by atoms with Crippen LogP contribution >= 0.6 is 0 Å². The molecule has 0 aliphatic carbocycles. The summed E-state index contributed by atoms with van der Waals surface area (Å²) in [6.45, 7) is 3.45. The Morgan fingerprint density at radius 2 is 1.80 bits per heavy atom. The van der Waals surface area contributed by atoms with Crippen molar-refractivity contribution in [1.82, 2.24) is 14.7 Å². The molecule has 1 fully saturated rings. The molecule has 3 rings (SSSR count). The number of carbonyl (C=O) groups is 2. The van der Waals surface area contributed by atoms with E-state index in [0.717, 1.165) is 37.3 Å². The Morgan fingerprint density at radius 1 is 1.12 bits per heavy atom. The van der Waals surface area contributed by atoms with E-state index in [1.807, 2.05) is 42.2 Å². The van der Waals surface area contributed by atoms with Crippen LogP contribution in [0.4, 0.5) is 5.69 Å². The van der Waals surface area contributed by atoms with Crippen molar-refractivity contribution in [2.45, 2.75) is 26.2 Å². The van der Waals surface area contributed by atoms with E-state index in [2.05, 4.69) is 5.10 Å². The highest BCUT2D eigenvalue weighted by Gasteiger charge is 2.26. The lowest BCUT2D eigenvalue weighted by molar-refractivity contribution is -0.130. The summed E-state index contributed by atoms with van der Waals surface area (Å²) in [6, 6.07) is 11.1. The number of hydrogen-bond donors (Lipinski definition) is 0. The molecule has 1 saturated heterocycles. The van der Waals surface area contributed by atoms with Crippen LogP contribution in [-0.2, 0) is 11.8 Å². The van der Waals surface area contributed by atoms with Gasteiger partial charge in [0.2, 0.25) is 5.91 Å². The number of para-hydroxylation sites is 1. The van der Waals surface area contributed by atoms with Gasteiger partial charge in [-0.3, -0.25) is 19.2 Å². The molecule has 2 heterocycles. The predicted molar refractivity (Wildman–Crippen MR) is 96.5 cm³/mol. The van der Waals surface area contributed by atoms with Crippen molar-refractivity contribution in [2.24, 2.45) is 7.05 Å². The molecule has 0 atom stereocenters. The SMILES string of the molecule is Cc1cc(C(=O)N(CC(=O)N2CCCCC2)c2ccccc2)n(C)n1. The van der Waals surface area contributed by atoms with Crippen molar-refractivity contribution >= 4 is 17.5 Å². The first-order valence-electron chi connectivity index (χ1n) is 8.71. The highest BCUT2D eigenvalue weighted by molar-refractivity contribution is 6.07. The van der Waals surface area contributed by atoms with E-state index in [9.17, 15) is 9.59 Å². The predicted octanol–water partition coefficient (Wildman–Crippen LogP) is 2.39. The minimum Gasteiger partial charge on any atom is -0.341 e. The number of amides is 2. The molecule has 25 heavy (non-hydrogen) atoms. The average Bonchev–Trinajstić information content (AvgIpc) is 2.98. The van der Waals surface area contributed by atoms with Gasteiger partial charge in [-0.05, 0) is 44.4 Å². The lowest BCUT2D eigenvalue weighted by atomic mass is 10.1. The topological polar surface area (TPSA) is 58.4 Å². The molecule has 0 spiro atoms. The standard InChI is InChI=1S/C19H24N4O2/c1-15-13-17(21(2)20-15)19(25)23(16-9-5-3-6-10-16)14-18(24)22-11-7-4-8-12-22/h3,5-6,9-10,13H,4,7-8,11-12,14H2,1-2H3. The van der Waals surface area contributed by atoms with Crippen LogP contribution < -0.4 is 4.90 Å². The number of piperidine rings is 1. The lowest BCUT2D eigenvalue weighted by Crippen LogP contribution is -2.45. The van der Waals surface area contributed by atoms with Crippen molar-refractivity contribution in [2.75, 3.05) is 24.5 Å². The van der Waals surface area contributed by atoms with E-state index in [0.29, 0.717) is 5.69 Å². The summed E-state index contributed by atoms with van der Waals surface area (Å²) in [6.07, 6.45) is 3.23. The van der Waals surface area contributed by atoms with Crippen molar-refractivity contribution in [1.29, 1.82) is 0 Å². The summed E-state index contributed by atoms with van der Waals surface area (Å²) in [4.78, 5) is 29.2. The molecular formula is C19H24N4O2. The van der Waals surface area contributed by atoms with Crippen molar-refractivity contribution < 1.29 is 9.59 Å². The molecule has 0 radical (unpaired) electrons. The van der Waals surface area contributed by atoms with Crippen molar-refractivity contribution in [3.05, 3.63) is 47.8 Å². The van der Waals surface area contributed by atoms with Gasteiger partial charge in [0, 0.05) is 25.8 Å². The second-order valence-electron chi connectivity index (χ2n) is 6.46. The van der Waals surface area contributed by atoms with Gasteiger partial charge in [-0.2, -0.15) is 5.10 Å². The summed E-state index contributed by atoms with van der Waals surface area (Å²) in [5, 5.41) is 4.25. The molecule has 1 aromatic carbocycles. The third-order valence-electron chi connectivity index (χ3n) is 4.54. The van der Waals surface area contributed by atoms with Crippen LogP contribution in [0.3, 0.4) is 0 Å². The molecule has 0 unspecified atom stereocenters. The smallest absolute Gasteiger partial charge is 0.277 e. The summed E-state index contributed by atoms with van der Waals surface area (Å²) in [7, 11) is 1.75. The first-order valence-corrected chi connectivity index (χ1v) is 8.71. The van der Waals surface area contributed by atoms with E-state index in [1.165, 1.54) is 6.42 Å². The Hall–Kier alpha value is -2.63. The minimum atomic E-state index is -0.209. The molecule has 2 aromatic rings. The van der Waals surface area contributed by atoms with Gasteiger partial charge in [0.15, 0.2) is 0 Å². The molecule has 1 aromatic heterocycles. The summed E-state index contributed by atoms with van der Waals surface area (Å²) < 4.78 is 1.57. The fourth-order valence-electron chi connectivity index (χ4n) is 3.22. The highest BCUT2D eigenvalue weighted by atomic mass is 16.2. The first-order chi connectivity index (χ1) is 12.1. The minimum absolute atomic E-state index is 0.00390. The molecule has 132 valence electrons. The van der Waals surface area contributed by atoms with Gasteiger partial charge in [0.05, 0.1) is 5.69 Å². The maximum atomic E-state index is 13.1. The number of hydrogen-bond acceptors (Lipinski definition) is 3. The first kappa shape index (κ1) is 17.2. The van der Waals surface area contributed by atoms with Crippen molar-refractivity contribution in [3.8, 4) is 0 Å². The second kappa shape index (κ2) is 7.51. The van der Waals surface area contributed by atoms with Crippen molar-refractivity contribution in [3.63, 3.8) is 0 Å². The highest BCUT2D eigenvalue weighted by Crippen LogP contribution is 2.18. The zero-order valence-electron chi connectivity index (χ0n) is 14.8. The largest absolute Gasteiger partial charge is 0.341 e. The van der Waals surface area contributed by atoms with Gasteiger partial charge >= 0.3 is 0 Å². The Labute approximate surface area is 148 Å². The summed E-state index contributed by atoms with van der Waals surface area (Å²) in [5.41, 5.74) is 1.98. The lowest BCUT2D eigenvalue weighted by Gasteiger charge is -2.30. The molecule has 0 saturated carbocycles. The molecule has 0 N–H and O–H groups in total. The Kier molecular flexibility index (Phi) is 5.16. The molecule has 2 amide bonds. The van der Waals surface area contributed by atoms with Crippen LogP contribution in [0.25, 0.3) is 0 Å². The molecule has 1 aliphatic heterocycles. The molecule has 6 nitrogen and oxygen atoms in total. The molecule has 1 aliphatic rings. The van der Waals surface area contributed by atoms with Gasteiger partial charge in [-0.1, -0.05) is 18.2 Å². The zero-order valence-corrected chi connectivity index (χ0v) is 14.8. The van der Waals surface area contributed by atoms with Gasteiger partial charge < -0.3 is 4.90 Å².